The summed E-state index contributed by atoms with van der Waals surface area (Å²) in [5.74, 6) is 0. The maximum Gasteiger partial charge on any atom is 0.0943 e. The van der Waals surface area contributed by atoms with Crippen molar-refractivity contribution >= 4 is 56.2 Å². The predicted molar refractivity (Wildman–Crippen MR) is 86.0 cm³/mol. The van der Waals surface area contributed by atoms with Crippen molar-refractivity contribution in [2.24, 2.45) is 0 Å². The predicted octanol–water partition coefficient (Wildman–Crippen LogP) is 6.54. The SMILES string of the molecule is Clc1ccc(Cl)c(C(Cl)c2cc3ccccc3s2)c1. The van der Waals surface area contributed by atoms with E-state index in [-0.39, 0.29) is 5.38 Å². The average Bonchev–Trinajstić information content (AvgIpc) is 2.84. The van der Waals surface area contributed by atoms with Crippen molar-refractivity contribution in [1.29, 1.82) is 0 Å². The first-order valence-electron chi connectivity index (χ1n) is 5.72. The Morgan fingerprint density at radius 3 is 2.53 bits per heavy atom. The van der Waals surface area contributed by atoms with Crippen LogP contribution < -0.4 is 0 Å². The number of thiophene rings is 1. The number of halogens is 3. The highest BCUT2D eigenvalue weighted by Crippen LogP contribution is 2.40. The van der Waals surface area contributed by atoms with E-state index in [4.69, 9.17) is 34.8 Å². The Hall–Kier alpha value is -0.730. The molecule has 0 saturated heterocycles. The average molecular weight is 328 g/mol. The van der Waals surface area contributed by atoms with Gasteiger partial charge in [0, 0.05) is 19.6 Å². The summed E-state index contributed by atoms with van der Waals surface area (Å²) in [6, 6.07) is 15.7. The highest BCUT2D eigenvalue weighted by atomic mass is 35.5. The molecule has 0 N–H and O–H groups in total. The molecule has 0 saturated carbocycles. The van der Waals surface area contributed by atoms with Crippen molar-refractivity contribution in [3.63, 3.8) is 0 Å². The van der Waals surface area contributed by atoms with Crippen LogP contribution in [0, 0.1) is 0 Å². The van der Waals surface area contributed by atoms with E-state index in [0.29, 0.717) is 10.0 Å². The van der Waals surface area contributed by atoms with E-state index in [1.165, 1.54) is 10.1 Å². The van der Waals surface area contributed by atoms with Gasteiger partial charge in [-0.05, 0) is 41.3 Å². The van der Waals surface area contributed by atoms with Crippen LogP contribution in [0.2, 0.25) is 10.0 Å². The molecule has 0 fully saturated rings. The van der Waals surface area contributed by atoms with Crippen molar-refractivity contribution in [3.8, 4) is 0 Å². The molecular weight excluding hydrogens is 319 g/mol. The summed E-state index contributed by atoms with van der Waals surface area (Å²) < 4.78 is 1.22. The molecule has 0 amide bonds. The van der Waals surface area contributed by atoms with Gasteiger partial charge >= 0.3 is 0 Å². The zero-order valence-electron chi connectivity index (χ0n) is 9.74. The van der Waals surface area contributed by atoms with Gasteiger partial charge in [0.2, 0.25) is 0 Å². The third kappa shape index (κ3) is 2.61. The van der Waals surface area contributed by atoms with Crippen LogP contribution in [0.25, 0.3) is 10.1 Å². The number of hydrogen-bond acceptors (Lipinski definition) is 1. The lowest BCUT2D eigenvalue weighted by Gasteiger charge is -2.10. The highest BCUT2D eigenvalue weighted by molar-refractivity contribution is 7.19. The van der Waals surface area contributed by atoms with Crippen LogP contribution in [-0.4, -0.2) is 0 Å². The number of benzene rings is 2. The van der Waals surface area contributed by atoms with Crippen LogP contribution in [0.4, 0.5) is 0 Å². The summed E-state index contributed by atoms with van der Waals surface area (Å²) >= 11 is 20.4. The smallest absolute Gasteiger partial charge is 0.0943 e. The molecule has 0 spiro atoms. The third-order valence-corrected chi connectivity index (χ3v) is 5.29. The quantitative estimate of drug-likeness (QED) is 0.469. The number of alkyl halides is 1. The molecule has 0 nitrogen and oxygen atoms in total. The lowest BCUT2D eigenvalue weighted by Crippen LogP contribution is -1.91. The van der Waals surface area contributed by atoms with Gasteiger partial charge in [0.15, 0.2) is 0 Å². The van der Waals surface area contributed by atoms with E-state index < -0.39 is 0 Å². The van der Waals surface area contributed by atoms with Crippen LogP contribution in [0.5, 0.6) is 0 Å². The van der Waals surface area contributed by atoms with Gasteiger partial charge in [-0.2, -0.15) is 0 Å². The van der Waals surface area contributed by atoms with Crippen LogP contribution in [0.3, 0.4) is 0 Å². The third-order valence-electron chi connectivity index (χ3n) is 2.93. The highest BCUT2D eigenvalue weighted by Gasteiger charge is 2.17. The molecule has 19 heavy (non-hydrogen) atoms. The molecule has 2 aromatic carbocycles. The van der Waals surface area contributed by atoms with Crippen LogP contribution in [-0.2, 0) is 0 Å². The number of rotatable bonds is 2. The molecular formula is C15H9Cl3S. The second-order valence-electron chi connectivity index (χ2n) is 4.21. The Balaban J connectivity index is 2.07. The fourth-order valence-corrected chi connectivity index (χ4v) is 3.89. The normalized spacial score (nSPS) is 12.8. The first kappa shape index (κ1) is 13.3. The van der Waals surface area contributed by atoms with Crippen LogP contribution >= 0.6 is 46.1 Å². The first-order chi connectivity index (χ1) is 9.15. The van der Waals surface area contributed by atoms with Gasteiger partial charge in [-0.15, -0.1) is 22.9 Å². The van der Waals surface area contributed by atoms with Gasteiger partial charge in [0.25, 0.3) is 0 Å². The Bertz CT molecular complexity index is 700. The lowest BCUT2D eigenvalue weighted by molar-refractivity contribution is 1.19. The standard InChI is InChI=1S/C15H9Cl3S/c16-10-5-6-12(17)11(8-10)15(18)14-7-9-3-1-2-4-13(9)19-14/h1-8,15H. The summed E-state index contributed by atoms with van der Waals surface area (Å²) in [5, 5.41) is 2.21. The molecule has 0 aliphatic heterocycles. The van der Waals surface area contributed by atoms with Gasteiger partial charge in [0.1, 0.15) is 0 Å². The van der Waals surface area contributed by atoms with Crippen molar-refractivity contribution in [2.45, 2.75) is 5.38 Å². The molecule has 96 valence electrons. The minimum Gasteiger partial charge on any atom is -0.138 e. The van der Waals surface area contributed by atoms with Crippen molar-refractivity contribution < 1.29 is 0 Å². The molecule has 4 heteroatoms. The molecule has 0 aliphatic rings. The fourth-order valence-electron chi connectivity index (χ4n) is 1.99. The Kier molecular flexibility index (Phi) is 3.72. The minimum atomic E-state index is -0.274. The maximum atomic E-state index is 6.55. The zero-order chi connectivity index (χ0) is 13.4. The maximum absolute atomic E-state index is 6.55. The molecule has 3 rings (SSSR count). The summed E-state index contributed by atoms with van der Waals surface area (Å²) in [7, 11) is 0. The summed E-state index contributed by atoms with van der Waals surface area (Å²) in [5.41, 5.74) is 0.849. The largest absolute Gasteiger partial charge is 0.138 e. The van der Waals surface area contributed by atoms with Crippen molar-refractivity contribution in [2.75, 3.05) is 0 Å². The Morgan fingerprint density at radius 1 is 0.947 bits per heavy atom. The first-order valence-corrected chi connectivity index (χ1v) is 7.73. The molecule has 1 unspecified atom stereocenters. The monoisotopic (exact) mass is 326 g/mol. The van der Waals surface area contributed by atoms with E-state index in [9.17, 15) is 0 Å². The molecule has 0 radical (unpaired) electrons. The van der Waals surface area contributed by atoms with E-state index in [2.05, 4.69) is 18.2 Å². The summed E-state index contributed by atoms with van der Waals surface area (Å²) in [4.78, 5) is 1.08. The fraction of sp³-hybridized carbons (Fsp3) is 0.0667. The van der Waals surface area contributed by atoms with Crippen LogP contribution in [0.1, 0.15) is 15.8 Å². The second kappa shape index (κ2) is 5.34. The topological polar surface area (TPSA) is 0 Å². The molecule has 1 heterocycles. The van der Waals surface area contributed by atoms with Gasteiger partial charge in [-0.3, -0.25) is 0 Å². The number of fused-ring (bicyclic) bond motifs is 1. The van der Waals surface area contributed by atoms with Crippen molar-refractivity contribution in [3.05, 3.63) is 69.0 Å². The van der Waals surface area contributed by atoms with E-state index in [1.54, 1.807) is 23.5 Å². The van der Waals surface area contributed by atoms with Crippen molar-refractivity contribution in [1.82, 2.24) is 0 Å². The van der Waals surface area contributed by atoms with Crippen LogP contribution in [0.15, 0.2) is 48.5 Å². The zero-order valence-corrected chi connectivity index (χ0v) is 12.8. The van der Waals surface area contributed by atoms with Gasteiger partial charge in [0.05, 0.1) is 5.38 Å². The molecule has 1 atom stereocenters. The summed E-state index contributed by atoms with van der Waals surface area (Å²) in [6.07, 6.45) is 0. The molecule has 3 aromatic rings. The summed E-state index contributed by atoms with van der Waals surface area (Å²) in [6.45, 7) is 0. The molecule has 0 aliphatic carbocycles. The number of hydrogen-bond donors (Lipinski definition) is 0. The molecule has 0 bridgehead atoms. The second-order valence-corrected chi connectivity index (χ2v) is 6.61. The van der Waals surface area contributed by atoms with E-state index in [1.807, 2.05) is 18.2 Å². The van der Waals surface area contributed by atoms with Gasteiger partial charge in [-0.1, -0.05) is 41.4 Å². The van der Waals surface area contributed by atoms with Gasteiger partial charge < -0.3 is 0 Å². The molecule has 1 aromatic heterocycles. The van der Waals surface area contributed by atoms with E-state index in [0.717, 1.165) is 10.4 Å². The lowest BCUT2D eigenvalue weighted by atomic mass is 10.1. The Morgan fingerprint density at radius 2 is 1.74 bits per heavy atom. The minimum absolute atomic E-state index is 0.274. The van der Waals surface area contributed by atoms with E-state index >= 15 is 0 Å². The van der Waals surface area contributed by atoms with Gasteiger partial charge in [-0.25, -0.2) is 0 Å². The Labute approximate surface area is 130 Å².